The minimum atomic E-state index is -0.277. The summed E-state index contributed by atoms with van der Waals surface area (Å²) in [6.45, 7) is 11.0. The third-order valence-corrected chi connectivity index (χ3v) is 4.72. The third kappa shape index (κ3) is 3.92. The fourth-order valence-electron chi connectivity index (χ4n) is 3.82. The van der Waals surface area contributed by atoms with Crippen molar-refractivity contribution in [1.29, 1.82) is 0 Å². The van der Waals surface area contributed by atoms with Gasteiger partial charge in [-0.2, -0.15) is 5.10 Å². The molecule has 3 rings (SSSR count). The van der Waals surface area contributed by atoms with E-state index in [1.54, 1.807) is 24.5 Å². The maximum Gasteiger partial charge on any atom is 0.272 e. The van der Waals surface area contributed by atoms with E-state index in [4.69, 9.17) is 0 Å². The zero-order valence-electron chi connectivity index (χ0n) is 16.5. The van der Waals surface area contributed by atoms with Gasteiger partial charge in [-0.15, -0.1) is 0 Å². The van der Waals surface area contributed by atoms with Crippen LogP contribution in [0.3, 0.4) is 0 Å². The molecule has 0 saturated heterocycles. The summed E-state index contributed by atoms with van der Waals surface area (Å²) in [5.74, 6) is -0.277. The quantitative estimate of drug-likeness (QED) is 0.653. The number of hydrogen-bond acceptors (Lipinski definition) is 4. The Hall–Kier alpha value is -2.95. The van der Waals surface area contributed by atoms with Crippen molar-refractivity contribution in [3.05, 3.63) is 65.5 Å². The molecule has 0 radical (unpaired) electrons. The van der Waals surface area contributed by atoms with E-state index in [1.165, 1.54) is 23.0 Å². The molecule has 5 nitrogen and oxygen atoms in total. The van der Waals surface area contributed by atoms with Crippen LogP contribution in [0.25, 0.3) is 5.57 Å². The smallest absolute Gasteiger partial charge is 0.272 e. The lowest BCUT2D eigenvalue weighted by atomic mass is 9.87. The average molecular weight is 362 g/mol. The van der Waals surface area contributed by atoms with E-state index < -0.39 is 0 Å². The van der Waals surface area contributed by atoms with Crippen LogP contribution in [0.5, 0.6) is 0 Å². The maximum atomic E-state index is 12.0. The Labute approximate surface area is 160 Å². The first-order chi connectivity index (χ1) is 12.8. The summed E-state index contributed by atoms with van der Waals surface area (Å²) < 4.78 is 0. The van der Waals surface area contributed by atoms with Crippen molar-refractivity contribution in [2.24, 2.45) is 5.10 Å². The van der Waals surface area contributed by atoms with Gasteiger partial charge in [0.1, 0.15) is 0 Å². The molecule has 0 bridgehead atoms. The lowest BCUT2D eigenvalue weighted by Gasteiger charge is -2.46. The summed E-state index contributed by atoms with van der Waals surface area (Å²) >= 11 is 0. The Balaban J connectivity index is 1.82. The molecule has 1 amide bonds. The van der Waals surface area contributed by atoms with Crippen molar-refractivity contribution < 1.29 is 4.79 Å². The SMILES string of the molecule is CC1=CC(C)(C)N(C(C)C)c2ccc(/C=N\NC(=O)c3cccnc3)cc21. The zero-order chi connectivity index (χ0) is 19.6. The molecule has 0 atom stereocenters. The van der Waals surface area contributed by atoms with Crippen LogP contribution in [0.2, 0.25) is 0 Å². The van der Waals surface area contributed by atoms with Crippen LogP contribution in [0, 0.1) is 0 Å². The molecule has 1 aromatic heterocycles. The summed E-state index contributed by atoms with van der Waals surface area (Å²) in [5.41, 5.74) is 7.62. The van der Waals surface area contributed by atoms with Gasteiger partial charge in [0.15, 0.2) is 0 Å². The number of carbonyl (C=O) groups excluding carboxylic acids is 1. The number of nitrogens with one attached hydrogen (secondary N) is 1. The Bertz CT molecular complexity index is 898. The van der Waals surface area contributed by atoms with E-state index >= 15 is 0 Å². The van der Waals surface area contributed by atoms with Crippen molar-refractivity contribution in [2.75, 3.05) is 4.90 Å². The second-order valence-electron chi connectivity index (χ2n) is 7.66. The van der Waals surface area contributed by atoms with Crippen molar-refractivity contribution in [2.45, 2.75) is 46.2 Å². The first kappa shape index (κ1) is 18.8. The van der Waals surface area contributed by atoms with Gasteiger partial charge in [-0.25, -0.2) is 5.43 Å². The largest absolute Gasteiger partial charge is 0.360 e. The number of anilines is 1. The summed E-state index contributed by atoms with van der Waals surface area (Å²) in [5, 5.41) is 4.09. The molecule has 1 aromatic carbocycles. The van der Waals surface area contributed by atoms with E-state index in [0.29, 0.717) is 11.6 Å². The molecule has 0 aliphatic carbocycles. The number of fused-ring (bicyclic) bond motifs is 1. The van der Waals surface area contributed by atoms with Gasteiger partial charge in [0.2, 0.25) is 0 Å². The standard InChI is InChI=1S/C22H26N4O/c1-15(2)26-20-9-8-17(11-19(20)16(3)12-22(26,4)5)13-24-25-21(27)18-7-6-10-23-14-18/h6-15H,1-5H3,(H,25,27)/b24-13-. The van der Waals surface area contributed by atoms with Gasteiger partial charge in [-0.1, -0.05) is 12.1 Å². The topological polar surface area (TPSA) is 57.6 Å². The highest BCUT2D eigenvalue weighted by atomic mass is 16.2. The van der Waals surface area contributed by atoms with Gasteiger partial charge < -0.3 is 4.90 Å². The minimum Gasteiger partial charge on any atom is -0.360 e. The highest BCUT2D eigenvalue weighted by molar-refractivity contribution is 5.95. The third-order valence-electron chi connectivity index (χ3n) is 4.72. The highest BCUT2D eigenvalue weighted by Gasteiger charge is 2.32. The number of hydrazone groups is 1. The minimum absolute atomic E-state index is 0.0292. The molecule has 0 unspecified atom stereocenters. The van der Waals surface area contributed by atoms with E-state index in [2.05, 4.69) is 73.2 Å². The lowest BCUT2D eigenvalue weighted by molar-refractivity contribution is 0.0955. The van der Waals surface area contributed by atoms with Crippen molar-refractivity contribution in [1.82, 2.24) is 10.4 Å². The van der Waals surface area contributed by atoms with E-state index in [1.807, 2.05) is 6.07 Å². The van der Waals surface area contributed by atoms with Gasteiger partial charge in [-0.3, -0.25) is 9.78 Å². The summed E-state index contributed by atoms with van der Waals surface area (Å²) in [7, 11) is 0. The van der Waals surface area contributed by atoms with E-state index in [-0.39, 0.29) is 11.4 Å². The number of rotatable bonds is 4. The molecule has 0 saturated carbocycles. The van der Waals surface area contributed by atoms with Crippen LogP contribution < -0.4 is 10.3 Å². The van der Waals surface area contributed by atoms with Crippen LogP contribution in [-0.4, -0.2) is 28.7 Å². The van der Waals surface area contributed by atoms with E-state index in [9.17, 15) is 4.79 Å². The molecule has 1 N–H and O–H groups in total. The maximum absolute atomic E-state index is 12.0. The molecule has 1 aliphatic rings. The predicted octanol–water partition coefficient (Wildman–Crippen LogP) is 4.26. The van der Waals surface area contributed by atoms with Gasteiger partial charge in [-0.05, 0) is 70.0 Å². The van der Waals surface area contributed by atoms with Crippen molar-refractivity contribution >= 4 is 23.4 Å². The summed E-state index contributed by atoms with van der Waals surface area (Å²) in [4.78, 5) is 18.4. The number of nitrogens with zero attached hydrogens (tertiary/aromatic N) is 3. The first-order valence-electron chi connectivity index (χ1n) is 9.16. The zero-order valence-corrected chi connectivity index (χ0v) is 16.5. The normalized spacial score (nSPS) is 15.6. The van der Waals surface area contributed by atoms with Gasteiger partial charge in [0.05, 0.1) is 17.3 Å². The predicted molar refractivity (Wildman–Crippen MR) is 111 cm³/mol. The molecule has 1 aliphatic heterocycles. The van der Waals surface area contributed by atoms with Crippen molar-refractivity contribution in [3.8, 4) is 0 Å². The molecule has 140 valence electrons. The van der Waals surface area contributed by atoms with Crippen LogP contribution in [-0.2, 0) is 0 Å². The fraction of sp³-hybridized carbons (Fsp3) is 0.318. The van der Waals surface area contributed by atoms with Crippen LogP contribution in [0.15, 0.2) is 53.9 Å². The number of benzene rings is 1. The molecule has 27 heavy (non-hydrogen) atoms. The number of aromatic nitrogens is 1. The average Bonchev–Trinajstić information content (AvgIpc) is 2.61. The number of carbonyl (C=O) groups is 1. The first-order valence-corrected chi connectivity index (χ1v) is 9.16. The van der Waals surface area contributed by atoms with Gasteiger partial charge in [0, 0.05) is 29.7 Å². The van der Waals surface area contributed by atoms with Crippen LogP contribution in [0.4, 0.5) is 5.69 Å². The number of allylic oxidation sites excluding steroid dienone is 1. The fourth-order valence-corrected chi connectivity index (χ4v) is 3.82. The van der Waals surface area contributed by atoms with E-state index in [0.717, 1.165) is 5.56 Å². The Morgan fingerprint density at radius 1 is 1.30 bits per heavy atom. The monoisotopic (exact) mass is 362 g/mol. The van der Waals surface area contributed by atoms with Crippen LogP contribution in [0.1, 0.15) is 56.1 Å². The molecule has 0 fully saturated rings. The van der Waals surface area contributed by atoms with Gasteiger partial charge in [0.25, 0.3) is 5.91 Å². The molecule has 0 spiro atoms. The van der Waals surface area contributed by atoms with Gasteiger partial charge >= 0.3 is 0 Å². The second kappa shape index (κ2) is 7.35. The molecule has 2 aromatic rings. The van der Waals surface area contributed by atoms with Crippen LogP contribution >= 0.6 is 0 Å². The second-order valence-corrected chi connectivity index (χ2v) is 7.66. The Morgan fingerprint density at radius 3 is 2.74 bits per heavy atom. The molecule has 2 heterocycles. The lowest BCUT2D eigenvalue weighted by Crippen LogP contribution is -2.49. The Morgan fingerprint density at radius 2 is 2.07 bits per heavy atom. The molecular formula is C22H26N4O. The van der Waals surface area contributed by atoms with Crippen molar-refractivity contribution in [3.63, 3.8) is 0 Å². The summed E-state index contributed by atoms with van der Waals surface area (Å²) in [6, 6.07) is 10.1. The molecule has 5 heteroatoms. The molecular weight excluding hydrogens is 336 g/mol. The number of hydrogen-bond donors (Lipinski definition) is 1. The summed E-state index contributed by atoms with van der Waals surface area (Å²) in [6.07, 6.45) is 7.12. The highest BCUT2D eigenvalue weighted by Crippen LogP contribution is 2.40. The Kier molecular flexibility index (Phi) is 5.13. The number of pyridine rings is 1. The number of amides is 1.